The standard InChI is InChI=1S/C14H21N3O3S/c1-12-4-3-9-17(11-12)14(18)6-8-16-21(19,20)13-5-2-7-15-10-13/h2,5,7,10,12,16H,3-4,6,8-9,11H2,1H3/t12-/m0/s1. The van der Waals surface area contributed by atoms with Gasteiger partial charge in [0.25, 0.3) is 0 Å². The molecule has 1 aromatic heterocycles. The zero-order chi connectivity index (χ0) is 15.3. The number of pyridine rings is 1. The molecule has 2 rings (SSSR count). The second-order valence-electron chi connectivity index (χ2n) is 5.42. The first-order valence-electron chi connectivity index (χ1n) is 7.16. The largest absolute Gasteiger partial charge is 0.342 e. The van der Waals surface area contributed by atoms with E-state index in [0.717, 1.165) is 25.9 Å². The van der Waals surface area contributed by atoms with E-state index in [1.165, 1.54) is 18.5 Å². The number of nitrogens with one attached hydrogen (secondary N) is 1. The number of sulfonamides is 1. The number of hydrogen-bond acceptors (Lipinski definition) is 4. The third-order valence-corrected chi connectivity index (χ3v) is 5.03. The Labute approximate surface area is 125 Å². The summed E-state index contributed by atoms with van der Waals surface area (Å²) in [4.78, 5) is 17.8. The molecular formula is C14H21N3O3S. The summed E-state index contributed by atoms with van der Waals surface area (Å²) < 4.78 is 26.4. The van der Waals surface area contributed by atoms with Gasteiger partial charge in [-0.15, -0.1) is 0 Å². The highest BCUT2D eigenvalue weighted by molar-refractivity contribution is 7.89. The number of aromatic nitrogens is 1. The molecule has 0 bridgehead atoms. The normalized spacial score (nSPS) is 19.5. The number of rotatable bonds is 5. The van der Waals surface area contributed by atoms with E-state index in [4.69, 9.17) is 0 Å². The van der Waals surface area contributed by atoms with Crippen molar-refractivity contribution in [2.24, 2.45) is 5.92 Å². The van der Waals surface area contributed by atoms with Crippen LogP contribution in [-0.2, 0) is 14.8 Å². The van der Waals surface area contributed by atoms with Gasteiger partial charge in [-0.3, -0.25) is 9.78 Å². The van der Waals surface area contributed by atoms with E-state index in [0.29, 0.717) is 5.92 Å². The summed E-state index contributed by atoms with van der Waals surface area (Å²) in [6.07, 6.45) is 5.16. The lowest BCUT2D eigenvalue weighted by molar-refractivity contribution is -0.132. The minimum atomic E-state index is -3.58. The van der Waals surface area contributed by atoms with Crippen molar-refractivity contribution in [2.75, 3.05) is 19.6 Å². The average molecular weight is 311 g/mol. The lowest BCUT2D eigenvalue weighted by atomic mass is 10.0. The molecule has 1 aromatic rings. The Hall–Kier alpha value is -1.47. The van der Waals surface area contributed by atoms with Crippen LogP contribution in [0.2, 0.25) is 0 Å². The van der Waals surface area contributed by atoms with Crippen LogP contribution < -0.4 is 4.72 Å². The number of nitrogens with zero attached hydrogens (tertiary/aromatic N) is 2. The van der Waals surface area contributed by atoms with Gasteiger partial charge in [0.15, 0.2) is 0 Å². The molecule has 1 amide bonds. The Kier molecular flexibility index (Phi) is 5.30. The maximum Gasteiger partial charge on any atom is 0.242 e. The molecule has 7 heteroatoms. The van der Waals surface area contributed by atoms with Gasteiger partial charge in [-0.05, 0) is 30.9 Å². The van der Waals surface area contributed by atoms with E-state index >= 15 is 0 Å². The third kappa shape index (κ3) is 4.50. The predicted molar refractivity (Wildman–Crippen MR) is 79.0 cm³/mol. The van der Waals surface area contributed by atoms with Gasteiger partial charge in [0.2, 0.25) is 15.9 Å². The Bertz CT molecular complexity index is 574. The van der Waals surface area contributed by atoms with Gasteiger partial charge in [0.1, 0.15) is 4.90 Å². The van der Waals surface area contributed by atoms with Gasteiger partial charge in [0.05, 0.1) is 0 Å². The summed E-state index contributed by atoms with van der Waals surface area (Å²) in [5.41, 5.74) is 0. The second kappa shape index (κ2) is 7.00. The molecule has 1 aliphatic rings. The number of carbonyl (C=O) groups is 1. The summed E-state index contributed by atoms with van der Waals surface area (Å²) >= 11 is 0. The van der Waals surface area contributed by atoms with Crippen LogP contribution in [0.25, 0.3) is 0 Å². The van der Waals surface area contributed by atoms with Crippen molar-refractivity contribution >= 4 is 15.9 Å². The number of likely N-dealkylation sites (tertiary alicyclic amines) is 1. The first-order chi connectivity index (χ1) is 9.99. The molecule has 1 N–H and O–H groups in total. The van der Waals surface area contributed by atoms with Crippen molar-refractivity contribution in [3.8, 4) is 0 Å². The van der Waals surface area contributed by atoms with Crippen LogP contribution >= 0.6 is 0 Å². The van der Waals surface area contributed by atoms with Crippen LogP contribution in [-0.4, -0.2) is 43.8 Å². The van der Waals surface area contributed by atoms with E-state index < -0.39 is 10.0 Å². The van der Waals surface area contributed by atoms with E-state index in [1.54, 1.807) is 6.07 Å². The Morgan fingerprint density at radius 1 is 1.52 bits per heavy atom. The number of carbonyl (C=O) groups excluding carboxylic acids is 1. The molecule has 2 heterocycles. The molecule has 116 valence electrons. The smallest absolute Gasteiger partial charge is 0.242 e. The maximum absolute atomic E-state index is 12.0. The lowest BCUT2D eigenvalue weighted by Gasteiger charge is -2.31. The quantitative estimate of drug-likeness (QED) is 0.880. The van der Waals surface area contributed by atoms with Crippen LogP contribution in [0.5, 0.6) is 0 Å². The van der Waals surface area contributed by atoms with Gasteiger partial charge in [-0.1, -0.05) is 6.92 Å². The molecule has 0 radical (unpaired) electrons. The first kappa shape index (κ1) is 15.9. The molecule has 1 fully saturated rings. The van der Waals surface area contributed by atoms with E-state index in [-0.39, 0.29) is 23.8 Å². The zero-order valence-corrected chi connectivity index (χ0v) is 13.0. The molecule has 0 unspecified atom stereocenters. The summed E-state index contributed by atoms with van der Waals surface area (Å²) in [6, 6.07) is 3.04. The van der Waals surface area contributed by atoms with Crippen LogP contribution in [0.3, 0.4) is 0 Å². The van der Waals surface area contributed by atoms with Crippen LogP contribution in [0.4, 0.5) is 0 Å². The highest BCUT2D eigenvalue weighted by Gasteiger charge is 2.21. The van der Waals surface area contributed by atoms with Crippen molar-refractivity contribution in [1.82, 2.24) is 14.6 Å². The predicted octanol–water partition coefficient (Wildman–Crippen LogP) is 1.01. The Balaban J connectivity index is 1.82. The molecule has 1 atom stereocenters. The molecule has 6 nitrogen and oxygen atoms in total. The maximum atomic E-state index is 12.0. The number of piperidine rings is 1. The summed E-state index contributed by atoms with van der Waals surface area (Å²) in [6.45, 7) is 3.79. The number of hydrogen-bond donors (Lipinski definition) is 1. The number of amides is 1. The molecule has 0 saturated carbocycles. The van der Waals surface area contributed by atoms with Gasteiger partial charge in [0, 0.05) is 38.4 Å². The van der Waals surface area contributed by atoms with Gasteiger partial charge in [-0.25, -0.2) is 13.1 Å². The average Bonchev–Trinajstić information content (AvgIpc) is 2.48. The highest BCUT2D eigenvalue weighted by Crippen LogP contribution is 2.16. The van der Waals surface area contributed by atoms with Crippen molar-refractivity contribution in [3.05, 3.63) is 24.5 Å². The highest BCUT2D eigenvalue weighted by atomic mass is 32.2. The van der Waals surface area contributed by atoms with Crippen LogP contribution in [0, 0.1) is 5.92 Å². The van der Waals surface area contributed by atoms with Gasteiger partial charge < -0.3 is 4.90 Å². The molecule has 1 aliphatic heterocycles. The van der Waals surface area contributed by atoms with Gasteiger partial charge in [-0.2, -0.15) is 0 Å². The zero-order valence-electron chi connectivity index (χ0n) is 12.2. The summed E-state index contributed by atoms with van der Waals surface area (Å²) in [5, 5.41) is 0. The molecule has 0 aromatic carbocycles. The molecule has 0 aliphatic carbocycles. The lowest BCUT2D eigenvalue weighted by Crippen LogP contribution is -2.40. The Morgan fingerprint density at radius 2 is 2.33 bits per heavy atom. The summed E-state index contributed by atoms with van der Waals surface area (Å²) in [7, 11) is -3.58. The van der Waals surface area contributed by atoms with E-state index in [9.17, 15) is 13.2 Å². The van der Waals surface area contributed by atoms with Crippen molar-refractivity contribution < 1.29 is 13.2 Å². The fraction of sp³-hybridized carbons (Fsp3) is 0.571. The monoisotopic (exact) mass is 311 g/mol. The minimum Gasteiger partial charge on any atom is -0.342 e. The van der Waals surface area contributed by atoms with E-state index in [1.807, 2.05) is 4.90 Å². The van der Waals surface area contributed by atoms with E-state index in [2.05, 4.69) is 16.6 Å². The minimum absolute atomic E-state index is 0.00966. The van der Waals surface area contributed by atoms with Crippen molar-refractivity contribution in [2.45, 2.75) is 31.1 Å². The fourth-order valence-corrected chi connectivity index (χ4v) is 3.45. The van der Waals surface area contributed by atoms with Crippen LogP contribution in [0.15, 0.2) is 29.4 Å². The molecule has 1 saturated heterocycles. The van der Waals surface area contributed by atoms with Crippen molar-refractivity contribution in [1.29, 1.82) is 0 Å². The third-order valence-electron chi connectivity index (χ3n) is 3.59. The first-order valence-corrected chi connectivity index (χ1v) is 8.65. The fourth-order valence-electron chi connectivity index (χ4n) is 2.46. The van der Waals surface area contributed by atoms with Gasteiger partial charge >= 0.3 is 0 Å². The molecule has 0 spiro atoms. The second-order valence-corrected chi connectivity index (χ2v) is 7.19. The van der Waals surface area contributed by atoms with Crippen molar-refractivity contribution in [3.63, 3.8) is 0 Å². The SMILES string of the molecule is C[C@H]1CCCN(C(=O)CCNS(=O)(=O)c2cccnc2)C1. The summed E-state index contributed by atoms with van der Waals surface area (Å²) in [5.74, 6) is 0.533. The molecule has 21 heavy (non-hydrogen) atoms. The Morgan fingerprint density at radius 3 is 3.00 bits per heavy atom. The molecular weight excluding hydrogens is 290 g/mol. The topological polar surface area (TPSA) is 79.4 Å². The van der Waals surface area contributed by atoms with Crippen LogP contribution in [0.1, 0.15) is 26.2 Å².